The lowest BCUT2D eigenvalue weighted by Gasteiger charge is -2.61. The highest BCUT2D eigenvalue weighted by Gasteiger charge is 2.55. The summed E-state index contributed by atoms with van der Waals surface area (Å²) in [5.41, 5.74) is 2.88. The number of aliphatic hydroxyl groups is 1. The topological polar surface area (TPSA) is 23.5 Å². The summed E-state index contributed by atoms with van der Waals surface area (Å²) in [4.78, 5) is 2.51. The second kappa shape index (κ2) is 4.97. The maximum absolute atomic E-state index is 10.0. The smallest absolute Gasteiger partial charge is 0.0621 e. The molecule has 0 bridgehead atoms. The van der Waals surface area contributed by atoms with Gasteiger partial charge >= 0.3 is 0 Å². The fourth-order valence-corrected chi connectivity index (χ4v) is 3.88. The van der Waals surface area contributed by atoms with Crippen LogP contribution >= 0.6 is 0 Å². The Bertz CT molecular complexity index is 564. The van der Waals surface area contributed by atoms with Gasteiger partial charge in [0.25, 0.3) is 0 Å². The van der Waals surface area contributed by atoms with Gasteiger partial charge in [-0.25, -0.2) is 0 Å². The summed E-state index contributed by atoms with van der Waals surface area (Å²) in [6.07, 6.45) is 2.08. The number of hydrogen-bond acceptors (Lipinski definition) is 2. The number of benzene rings is 2. The SMILES string of the molecule is OC1CCC12CN(C(c1ccccc1)c1ccccc1)C2. The van der Waals surface area contributed by atoms with Gasteiger partial charge in [-0.3, -0.25) is 4.90 Å². The minimum atomic E-state index is -0.0825. The van der Waals surface area contributed by atoms with Gasteiger partial charge in [0.05, 0.1) is 12.1 Å². The molecule has 2 aromatic rings. The van der Waals surface area contributed by atoms with E-state index in [1.54, 1.807) is 0 Å². The first-order chi connectivity index (χ1) is 10.3. The molecule has 0 amide bonds. The monoisotopic (exact) mass is 279 g/mol. The van der Waals surface area contributed by atoms with E-state index in [-0.39, 0.29) is 11.5 Å². The van der Waals surface area contributed by atoms with Gasteiger partial charge in [-0.1, -0.05) is 60.7 Å². The molecular formula is C19H21NO. The van der Waals surface area contributed by atoms with Crippen LogP contribution in [0.5, 0.6) is 0 Å². The summed E-state index contributed by atoms with van der Waals surface area (Å²) in [5.74, 6) is 0. The van der Waals surface area contributed by atoms with Crippen LogP contribution in [0.1, 0.15) is 30.0 Å². The molecule has 1 unspecified atom stereocenters. The zero-order valence-electron chi connectivity index (χ0n) is 12.2. The van der Waals surface area contributed by atoms with Crippen molar-refractivity contribution in [3.05, 3.63) is 71.8 Å². The van der Waals surface area contributed by atoms with E-state index in [2.05, 4.69) is 65.6 Å². The van der Waals surface area contributed by atoms with E-state index < -0.39 is 0 Å². The summed E-state index contributed by atoms with van der Waals surface area (Å²) >= 11 is 0. The third kappa shape index (κ3) is 2.10. The lowest BCUT2D eigenvalue weighted by Crippen LogP contribution is -2.67. The highest BCUT2D eigenvalue weighted by molar-refractivity contribution is 5.33. The van der Waals surface area contributed by atoms with Gasteiger partial charge in [0.1, 0.15) is 0 Å². The number of nitrogens with zero attached hydrogens (tertiary/aromatic N) is 1. The van der Waals surface area contributed by atoms with E-state index in [0.29, 0.717) is 6.04 Å². The van der Waals surface area contributed by atoms with E-state index in [1.807, 2.05) is 0 Å². The molecule has 4 rings (SSSR count). The summed E-state index contributed by atoms with van der Waals surface area (Å²) < 4.78 is 0. The Hall–Kier alpha value is -1.64. The molecule has 0 aromatic heterocycles. The van der Waals surface area contributed by atoms with Crippen LogP contribution in [0.4, 0.5) is 0 Å². The molecule has 2 fully saturated rings. The highest BCUT2D eigenvalue weighted by Crippen LogP contribution is 2.51. The predicted octanol–water partition coefficient (Wildman–Crippen LogP) is 3.23. The van der Waals surface area contributed by atoms with Crippen LogP contribution in [0, 0.1) is 5.41 Å². The Morgan fingerprint density at radius 3 is 1.81 bits per heavy atom. The van der Waals surface area contributed by atoms with Gasteiger partial charge in [-0.05, 0) is 24.0 Å². The number of likely N-dealkylation sites (tertiary alicyclic amines) is 1. The Kier molecular flexibility index (Phi) is 3.09. The largest absolute Gasteiger partial charge is 0.392 e. The Morgan fingerprint density at radius 2 is 1.43 bits per heavy atom. The fourth-order valence-electron chi connectivity index (χ4n) is 3.88. The lowest BCUT2D eigenvalue weighted by molar-refractivity contribution is -0.166. The molecular weight excluding hydrogens is 258 g/mol. The van der Waals surface area contributed by atoms with Gasteiger partial charge in [0, 0.05) is 18.5 Å². The Morgan fingerprint density at radius 1 is 0.905 bits per heavy atom. The van der Waals surface area contributed by atoms with Crippen molar-refractivity contribution in [3.8, 4) is 0 Å². The van der Waals surface area contributed by atoms with Crippen molar-refractivity contribution < 1.29 is 5.11 Å². The first kappa shape index (κ1) is 13.1. The third-order valence-corrected chi connectivity index (χ3v) is 5.25. The fraction of sp³-hybridized carbons (Fsp3) is 0.368. The number of rotatable bonds is 3. The van der Waals surface area contributed by atoms with E-state index in [0.717, 1.165) is 19.5 Å². The maximum atomic E-state index is 10.0. The van der Waals surface area contributed by atoms with E-state index in [4.69, 9.17) is 0 Å². The quantitative estimate of drug-likeness (QED) is 0.932. The Balaban J connectivity index is 1.63. The van der Waals surface area contributed by atoms with Crippen molar-refractivity contribution in [3.63, 3.8) is 0 Å². The van der Waals surface area contributed by atoms with E-state index in [1.165, 1.54) is 17.5 Å². The molecule has 2 aromatic carbocycles. The highest BCUT2D eigenvalue weighted by atomic mass is 16.3. The summed E-state index contributed by atoms with van der Waals surface area (Å²) in [5, 5.41) is 10.0. The third-order valence-electron chi connectivity index (χ3n) is 5.25. The molecule has 1 atom stereocenters. The molecule has 1 spiro atoms. The summed E-state index contributed by atoms with van der Waals surface area (Å²) in [7, 11) is 0. The maximum Gasteiger partial charge on any atom is 0.0621 e. The zero-order valence-corrected chi connectivity index (χ0v) is 12.2. The first-order valence-corrected chi connectivity index (χ1v) is 7.81. The average Bonchev–Trinajstić information content (AvgIpc) is 2.50. The standard InChI is InChI=1S/C19H21NO/c21-17-11-12-19(17)13-20(14-19)18(15-7-3-1-4-8-15)16-9-5-2-6-10-16/h1-10,17-18,21H,11-14H2. The number of aliphatic hydroxyl groups excluding tert-OH is 1. The summed E-state index contributed by atoms with van der Waals surface area (Å²) in [6, 6.07) is 21.7. The van der Waals surface area contributed by atoms with Gasteiger partial charge in [-0.15, -0.1) is 0 Å². The van der Waals surface area contributed by atoms with E-state index in [9.17, 15) is 5.11 Å². The van der Waals surface area contributed by atoms with Crippen LogP contribution in [0.25, 0.3) is 0 Å². The van der Waals surface area contributed by atoms with Crippen LogP contribution in [0.3, 0.4) is 0 Å². The van der Waals surface area contributed by atoms with Crippen molar-refractivity contribution in [2.45, 2.75) is 25.0 Å². The van der Waals surface area contributed by atoms with Crippen molar-refractivity contribution in [2.75, 3.05) is 13.1 Å². The average molecular weight is 279 g/mol. The van der Waals surface area contributed by atoms with Crippen LogP contribution in [-0.4, -0.2) is 29.2 Å². The van der Waals surface area contributed by atoms with Crippen molar-refractivity contribution in [1.29, 1.82) is 0 Å². The molecule has 1 saturated carbocycles. The van der Waals surface area contributed by atoms with Crippen molar-refractivity contribution >= 4 is 0 Å². The van der Waals surface area contributed by atoms with Crippen LogP contribution in [-0.2, 0) is 0 Å². The van der Waals surface area contributed by atoms with Gasteiger partial charge in [-0.2, -0.15) is 0 Å². The predicted molar refractivity (Wildman–Crippen MR) is 84.0 cm³/mol. The van der Waals surface area contributed by atoms with Gasteiger partial charge in [0.2, 0.25) is 0 Å². The van der Waals surface area contributed by atoms with Crippen LogP contribution in [0.2, 0.25) is 0 Å². The zero-order chi connectivity index (χ0) is 14.3. The molecule has 1 heterocycles. The number of hydrogen-bond donors (Lipinski definition) is 1. The van der Waals surface area contributed by atoms with Crippen molar-refractivity contribution in [1.82, 2.24) is 4.90 Å². The molecule has 2 nitrogen and oxygen atoms in total. The second-order valence-electron chi connectivity index (χ2n) is 6.55. The van der Waals surface area contributed by atoms with Crippen LogP contribution in [0.15, 0.2) is 60.7 Å². The minimum Gasteiger partial charge on any atom is -0.392 e. The molecule has 2 aliphatic rings. The molecule has 21 heavy (non-hydrogen) atoms. The second-order valence-corrected chi connectivity index (χ2v) is 6.55. The minimum absolute atomic E-state index is 0.0825. The molecule has 2 heteroatoms. The van der Waals surface area contributed by atoms with Crippen LogP contribution < -0.4 is 0 Å². The normalized spacial score (nSPS) is 23.8. The van der Waals surface area contributed by atoms with Gasteiger partial charge < -0.3 is 5.11 Å². The molecule has 1 saturated heterocycles. The first-order valence-electron chi connectivity index (χ1n) is 7.81. The Labute approximate surface area is 126 Å². The molecule has 0 radical (unpaired) electrons. The molecule has 1 N–H and O–H groups in total. The van der Waals surface area contributed by atoms with Crippen molar-refractivity contribution in [2.24, 2.45) is 5.41 Å². The molecule has 108 valence electrons. The lowest BCUT2D eigenvalue weighted by atomic mass is 9.60. The molecule has 1 aliphatic heterocycles. The molecule has 1 aliphatic carbocycles. The summed E-state index contributed by atoms with van der Waals surface area (Å²) in [6.45, 7) is 2.03. The van der Waals surface area contributed by atoms with E-state index >= 15 is 0 Å². The van der Waals surface area contributed by atoms with Gasteiger partial charge in [0.15, 0.2) is 0 Å².